The second kappa shape index (κ2) is 4.02. The zero-order valence-corrected chi connectivity index (χ0v) is 7.21. The molecule has 1 aliphatic heterocycles. The van der Waals surface area contributed by atoms with Gasteiger partial charge in [-0.2, -0.15) is 0 Å². The van der Waals surface area contributed by atoms with Gasteiger partial charge in [-0.15, -0.1) is 0 Å². The summed E-state index contributed by atoms with van der Waals surface area (Å²) in [5.41, 5.74) is 0. The Bertz CT molecular complexity index is 80.7. The van der Waals surface area contributed by atoms with Crippen molar-refractivity contribution in [3.8, 4) is 0 Å². The van der Waals surface area contributed by atoms with E-state index in [1.165, 1.54) is 0 Å². The van der Waals surface area contributed by atoms with Crippen LogP contribution in [0.5, 0.6) is 0 Å². The van der Waals surface area contributed by atoms with E-state index in [1.54, 1.807) is 0 Å². The molecule has 9 heteroatoms. The predicted molar refractivity (Wildman–Crippen MR) is 9.09 cm³/mol. The second-order valence-corrected chi connectivity index (χ2v) is 2.68. The summed E-state index contributed by atoms with van der Waals surface area (Å²) in [7, 11) is -5.55. The topological polar surface area (TPSA) is 94.2 Å². The van der Waals surface area contributed by atoms with E-state index in [-0.39, 0.29) is 52.7 Å². The Labute approximate surface area is 84.2 Å². The van der Waals surface area contributed by atoms with E-state index in [9.17, 15) is 14.7 Å². The molecule has 0 spiro atoms. The van der Waals surface area contributed by atoms with E-state index < -0.39 is 7.74 Å². The summed E-state index contributed by atoms with van der Waals surface area (Å²) in [6.45, 7) is 0. The van der Waals surface area contributed by atoms with Gasteiger partial charge in [-0.3, -0.25) is 0 Å². The minimum atomic E-state index is -5.55. The third-order valence-corrected chi connectivity index (χ3v) is 0.771. The Balaban J connectivity index is -0.000000120. The Morgan fingerprint density at radius 3 is 1.11 bits per heavy atom. The molecule has 0 aromatic heterocycles. The Morgan fingerprint density at radius 2 is 1.11 bits per heavy atom. The van der Waals surface area contributed by atoms with Gasteiger partial charge in [0, 0.05) is 17.1 Å². The molecule has 0 aliphatic carbocycles. The maximum absolute atomic E-state index is 9.37. The van der Waals surface area contributed by atoms with Gasteiger partial charge < -0.3 is 0 Å². The molecule has 9 heavy (non-hydrogen) atoms. The van der Waals surface area contributed by atoms with Crippen molar-refractivity contribution in [2.24, 2.45) is 0 Å². The van der Waals surface area contributed by atoms with Crippen LogP contribution in [0.25, 0.3) is 0 Å². The van der Waals surface area contributed by atoms with Gasteiger partial charge in [-0.25, -0.2) is 0 Å². The van der Waals surface area contributed by atoms with E-state index in [0.29, 0.717) is 0 Å². The van der Waals surface area contributed by atoms with Gasteiger partial charge in [0.05, 0.1) is 0 Å². The summed E-state index contributed by atoms with van der Waals surface area (Å²) >= 11 is 0. The molecular weight excluding hydrogens is 233 g/mol. The molecule has 1 heterocycles. The van der Waals surface area contributed by atoms with Crippen LogP contribution < -0.4 is 33.5 Å². The average molecular weight is 233 g/mol. The zero-order valence-electron chi connectivity index (χ0n) is 4.18. The first-order valence-electron chi connectivity index (χ1n) is 1.08. The van der Waals surface area contributed by atoms with E-state index in [0.717, 1.165) is 0 Å². The van der Waals surface area contributed by atoms with Crippen LogP contribution in [0, 0.1) is 0 Å². The summed E-state index contributed by atoms with van der Waals surface area (Å²) < 4.78 is 6.09. The van der Waals surface area contributed by atoms with Gasteiger partial charge in [0.25, 0.3) is 0 Å². The van der Waals surface area contributed by atoms with Crippen molar-refractivity contribution in [3.05, 3.63) is 0 Å². The normalized spacial score (nSPS) is 28.6. The molecule has 1 radical (unpaired) electrons. The van der Waals surface area contributed by atoms with E-state index >= 15 is 0 Å². The molecule has 0 bridgehead atoms. The number of hydrogen-bond acceptors (Lipinski definition) is 5. The van der Waals surface area contributed by atoms with Gasteiger partial charge in [0.2, 0.25) is 0 Å². The van der Waals surface area contributed by atoms with Gasteiger partial charge in [-0.1, -0.05) is 0 Å². The molecule has 0 amide bonds. The van der Waals surface area contributed by atoms with Crippen LogP contribution in [0.4, 0.5) is 0 Å². The van der Waals surface area contributed by atoms with Crippen molar-refractivity contribution in [1.29, 1.82) is 0 Å². The SMILES string of the molecule is [Co+2].[Fe].[Li+].[O-]P1([O-])([O-])OO1. The fourth-order valence-electron chi connectivity index (χ4n) is 0.0408. The van der Waals surface area contributed by atoms with Crippen molar-refractivity contribution in [2.75, 3.05) is 0 Å². The molecule has 0 N–H and O–H groups in total. The molecule has 1 aliphatic rings. The standard InChI is InChI=1S/Co.Fe.Li.O5P/c;;;1-6(2,3)4-5-6/q+2;;+1;-3. The minimum absolute atomic E-state index is 0. The predicted octanol–water partition coefficient (Wildman–Crippen LogP) is -5.84. The van der Waals surface area contributed by atoms with Gasteiger partial charge in [0.15, 0.2) is 0 Å². The Hall–Kier alpha value is 1.85. The summed E-state index contributed by atoms with van der Waals surface area (Å²) in [6.07, 6.45) is 0. The first-order valence-corrected chi connectivity index (χ1v) is 2.91. The third kappa shape index (κ3) is 7.75. The number of rotatable bonds is 0. The Morgan fingerprint density at radius 1 is 1.00 bits per heavy atom. The summed E-state index contributed by atoms with van der Waals surface area (Å²) in [5, 5.41) is 0. The average Bonchev–Trinajstić information content (AvgIpc) is 1.73. The second-order valence-electron chi connectivity index (χ2n) is 0.894. The van der Waals surface area contributed by atoms with Gasteiger partial charge in [0.1, 0.15) is 0 Å². The molecule has 1 fully saturated rings. The van der Waals surface area contributed by atoms with Crippen molar-refractivity contribution in [2.45, 2.75) is 0 Å². The summed E-state index contributed by atoms with van der Waals surface area (Å²) in [5.74, 6) is 0. The third-order valence-electron chi connectivity index (χ3n) is 0.257. The molecule has 0 saturated carbocycles. The van der Waals surface area contributed by atoms with Crippen LogP contribution in [0.1, 0.15) is 0 Å². The molecule has 0 unspecified atom stereocenters. The fourth-order valence-corrected chi connectivity index (χ4v) is 0.367. The first-order chi connectivity index (χ1) is 2.47. The van der Waals surface area contributed by atoms with Gasteiger partial charge in [-0.05, 0) is 0 Å². The molecule has 5 nitrogen and oxygen atoms in total. The first kappa shape index (κ1) is 17.1. The van der Waals surface area contributed by atoms with E-state index in [2.05, 4.69) is 9.35 Å². The quantitative estimate of drug-likeness (QED) is 0.180. The maximum atomic E-state index is 9.37. The monoisotopic (exact) mass is 233 g/mol. The van der Waals surface area contributed by atoms with E-state index in [1.807, 2.05) is 0 Å². The fraction of sp³-hybridized carbons (Fsp3) is 0. The number of hydrogen-bond donors (Lipinski definition) is 0. The van der Waals surface area contributed by atoms with E-state index in [4.69, 9.17) is 0 Å². The van der Waals surface area contributed by atoms with Crippen LogP contribution in [0.2, 0.25) is 0 Å². The van der Waals surface area contributed by atoms with Crippen molar-refractivity contribution < 1.29 is 76.7 Å². The van der Waals surface area contributed by atoms with Crippen LogP contribution in [-0.4, -0.2) is 0 Å². The molecular formula is CoFeLiO5P. The Kier molecular flexibility index (Phi) is 7.64. The molecule has 53 valence electrons. The van der Waals surface area contributed by atoms with Crippen LogP contribution in [0.3, 0.4) is 0 Å². The molecule has 0 atom stereocenters. The van der Waals surface area contributed by atoms with Crippen molar-refractivity contribution in [1.82, 2.24) is 0 Å². The van der Waals surface area contributed by atoms with Crippen LogP contribution in [0.15, 0.2) is 0 Å². The van der Waals surface area contributed by atoms with Crippen LogP contribution >= 0.6 is 7.74 Å². The molecule has 0 aromatic carbocycles. The molecule has 1 saturated heterocycles. The summed E-state index contributed by atoms with van der Waals surface area (Å²) in [4.78, 5) is 28.1. The van der Waals surface area contributed by atoms with Crippen molar-refractivity contribution >= 4 is 7.74 Å². The van der Waals surface area contributed by atoms with Gasteiger partial charge >= 0.3 is 67.4 Å². The molecule has 0 aromatic rings. The molecule has 1 rings (SSSR count). The zero-order chi connectivity index (χ0) is 4.86. The van der Waals surface area contributed by atoms with Crippen molar-refractivity contribution in [3.63, 3.8) is 0 Å². The summed E-state index contributed by atoms with van der Waals surface area (Å²) in [6, 6.07) is 0. The van der Waals surface area contributed by atoms with Crippen LogP contribution in [-0.2, 0) is 43.2 Å².